The van der Waals surface area contributed by atoms with Crippen LogP contribution in [0.15, 0.2) is 199 Å². The third-order valence-corrected chi connectivity index (χ3v) is 11.3. The highest BCUT2D eigenvalue weighted by atomic mass is 16.3. The first-order valence-electron chi connectivity index (χ1n) is 19.9. The Morgan fingerprint density at radius 1 is 0.350 bits per heavy atom. The van der Waals surface area contributed by atoms with E-state index in [-0.39, 0.29) is 0 Å². The van der Waals surface area contributed by atoms with Crippen molar-refractivity contribution in [2.45, 2.75) is 0 Å². The van der Waals surface area contributed by atoms with Crippen LogP contribution in [0.1, 0.15) is 0 Å². The minimum absolute atomic E-state index is 0.575. The second kappa shape index (κ2) is 13.7. The first kappa shape index (κ1) is 33.8. The zero-order chi connectivity index (χ0) is 39.6. The maximum absolute atomic E-state index is 6.61. The minimum Gasteiger partial charge on any atom is -0.456 e. The van der Waals surface area contributed by atoms with Gasteiger partial charge in [0.2, 0.25) is 0 Å². The summed E-state index contributed by atoms with van der Waals surface area (Å²) in [4.78, 5) is 25.4. The number of aromatic nitrogens is 6. The van der Waals surface area contributed by atoms with Crippen molar-refractivity contribution in [2.75, 3.05) is 0 Å². The van der Waals surface area contributed by atoms with Crippen LogP contribution in [-0.4, -0.2) is 29.5 Å². The smallest absolute Gasteiger partial charge is 0.164 e. The zero-order valence-electron chi connectivity index (χ0n) is 32.1. The molecule has 8 aromatic carbocycles. The number of hydrogen-bond donors (Lipinski definition) is 0. The third kappa shape index (κ3) is 5.56. The first-order chi connectivity index (χ1) is 29.7. The molecule has 0 radical (unpaired) electrons. The molecule has 0 aliphatic heterocycles. The molecule has 0 atom stereocenters. The third-order valence-electron chi connectivity index (χ3n) is 11.3. The molecule has 0 unspecified atom stereocenters. The summed E-state index contributed by atoms with van der Waals surface area (Å²) in [5.41, 5.74) is 11.2. The number of nitrogens with zero attached hydrogens (tertiary/aromatic N) is 6. The van der Waals surface area contributed by atoms with Crippen LogP contribution in [0.4, 0.5) is 0 Å². The predicted molar refractivity (Wildman–Crippen MR) is 242 cm³/mol. The van der Waals surface area contributed by atoms with Gasteiger partial charge in [-0.05, 0) is 48.5 Å². The summed E-state index contributed by atoms with van der Waals surface area (Å²) in [6.45, 7) is 0. The molecule has 60 heavy (non-hydrogen) atoms. The molecule has 0 aliphatic carbocycles. The van der Waals surface area contributed by atoms with Gasteiger partial charge < -0.3 is 8.98 Å². The normalized spacial score (nSPS) is 11.7. The molecule has 0 amide bonds. The molecule has 0 aliphatic rings. The van der Waals surface area contributed by atoms with E-state index in [1.165, 1.54) is 10.8 Å². The molecule has 4 aromatic heterocycles. The van der Waals surface area contributed by atoms with Gasteiger partial charge in [-0.25, -0.2) is 24.9 Å². The maximum Gasteiger partial charge on any atom is 0.164 e. The largest absolute Gasteiger partial charge is 0.456 e. The van der Waals surface area contributed by atoms with Crippen molar-refractivity contribution in [2.24, 2.45) is 0 Å². The molecule has 0 fully saturated rings. The Labute approximate surface area is 343 Å². The van der Waals surface area contributed by atoms with Crippen LogP contribution in [-0.2, 0) is 0 Å². The molecule has 0 N–H and O–H groups in total. The van der Waals surface area contributed by atoms with Gasteiger partial charge in [-0.15, -0.1) is 0 Å². The highest BCUT2D eigenvalue weighted by Gasteiger charge is 2.20. The summed E-state index contributed by atoms with van der Waals surface area (Å²) in [5, 5.41) is 5.27. The van der Waals surface area contributed by atoms with Crippen molar-refractivity contribution in [3.05, 3.63) is 194 Å². The highest BCUT2D eigenvalue weighted by molar-refractivity contribution is 6.13. The van der Waals surface area contributed by atoms with Crippen LogP contribution in [0.2, 0.25) is 0 Å². The van der Waals surface area contributed by atoms with Gasteiger partial charge >= 0.3 is 0 Å². The van der Waals surface area contributed by atoms with E-state index < -0.39 is 0 Å². The summed E-state index contributed by atoms with van der Waals surface area (Å²) < 4.78 is 8.95. The molecule has 4 heterocycles. The molecule has 0 bridgehead atoms. The second-order valence-electron chi connectivity index (χ2n) is 14.9. The van der Waals surface area contributed by atoms with E-state index in [9.17, 15) is 0 Å². The SMILES string of the molecule is c1ccc(-c2nc(-c3ccccc3)nc(-c3cccc4oc5cc(-c6nc(-c7ccc8c9ccccc9n(-c9ccccc9)c8c7)c7ccccc7n6)ccc5c34)n2)cc1. The summed E-state index contributed by atoms with van der Waals surface area (Å²) in [6, 6.07) is 66.3. The van der Waals surface area contributed by atoms with Gasteiger partial charge in [0.15, 0.2) is 23.3 Å². The van der Waals surface area contributed by atoms with Crippen molar-refractivity contribution < 1.29 is 4.42 Å². The number of fused-ring (bicyclic) bond motifs is 7. The lowest BCUT2D eigenvalue weighted by molar-refractivity contribution is 0.669. The van der Waals surface area contributed by atoms with Gasteiger partial charge in [0, 0.05) is 60.4 Å². The Hall–Kier alpha value is -8.29. The van der Waals surface area contributed by atoms with Gasteiger partial charge in [0.25, 0.3) is 0 Å². The molecule has 7 heteroatoms. The number of hydrogen-bond acceptors (Lipinski definition) is 6. The lowest BCUT2D eigenvalue weighted by Crippen LogP contribution is -2.00. The van der Waals surface area contributed by atoms with Crippen LogP contribution in [0.3, 0.4) is 0 Å². The van der Waals surface area contributed by atoms with Crippen LogP contribution in [0, 0.1) is 0 Å². The van der Waals surface area contributed by atoms with Crippen LogP contribution < -0.4 is 0 Å². The Morgan fingerprint density at radius 2 is 0.950 bits per heavy atom. The van der Waals surface area contributed by atoms with Crippen LogP contribution in [0.5, 0.6) is 0 Å². The van der Waals surface area contributed by atoms with Crippen LogP contribution >= 0.6 is 0 Å². The minimum atomic E-state index is 0.575. The fourth-order valence-corrected chi connectivity index (χ4v) is 8.48. The Kier molecular flexibility index (Phi) is 7.71. The molecule has 12 rings (SSSR count). The average Bonchev–Trinajstić information content (AvgIpc) is 3.87. The number of benzene rings is 8. The topological polar surface area (TPSA) is 82.5 Å². The number of furan rings is 1. The lowest BCUT2D eigenvalue weighted by Gasteiger charge is -2.11. The van der Waals surface area contributed by atoms with Gasteiger partial charge in [0.05, 0.1) is 22.2 Å². The van der Waals surface area contributed by atoms with E-state index in [1.54, 1.807) is 0 Å². The summed E-state index contributed by atoms with van der Waals surface area (Å²) in [6.07, 6.45) is 0. The van der Waals surface area contributed by atoms with E-state index in [2.05, 4.69) is 108 Å². The van der Waals surface area contributed by atoms with Crippen molar-refractivity contribution in [1.82, 2.24) is 29.5 Å². The molecular formula is C53H32N6O. The zero-order valence-corrected chi connectivity index (χ0v) is 32.1. The van der Waals surface area contributed by atoms with Crippen molar-refractivity contribution in [3.8, 4) is 62.5 Å². The highest BCUT2D eigenvalue weighted by Crippen LogP contribution is 2.40. The quantitative estimate of drug-likeness (QED) is 0.167. The summed E-state index contributed by atoms with van der Waals surface area (Å²) in [5.74, 6) is 2.41. The van der Waals surface area contributed by atoms with Crippen molar-refractivity contribution in [1.29, 1.82) is 0 Å². The van der Waals surface area contributed by atoms with Crippen LogP contribution in [0.25, 0.3) is 117 Å². The fraction of sp³-hybridized carbons (Fsp3) is 0. The van der Waals surface area contributed by atoms with Crippen molar-refractivity contribution in [3.63, 3.8) is 0 Å². The lowest BCUT2D eigenvalue weighted by atomic mass is 10.0. The molecule has 12 aromatic rings. The molecule has 0 spiro atoms. The van der Waals surface area contributed by atoms with Crippen molar-refractivity contribution >= 4 is 54.6 Å². The molecular weight excluding hydrogens is 737 g/mol. The fourth-order valence-electron chi connectivity index (χ4n) is 8.48. The molecule has 0 saturated carbocycles. The van der Waals surface area contributed by atoms with Gasteiger partial charge in [-0.3, -0.25) is 0 Å². The second-order valence-corrected chi connectivity index (χ2v) is 14.9. The number of para-hydroxylation sites is 3. The molecule has 0 saturated heterocycles. The van der Waals surface area contributed by atoms with E-state index in [0.717, 1.165) is 83.1 Å². The standard InChI is InChI=1S/C53H32N6O/c1-4-15-33(16-5-1)50-56-51(34-17-6-2-7-18-34)58-53(57-50)42-23-14-26-46-48(42)41-30-28-36(32-47(41)60-46)52-54-43-24-12-10-22-40(43)49(55-52)35-27-29-39-38-21-11-13-25-44(38)59(45(39)31-35)37-19-8-3-9-20-37/h1-32H. The molecule has 7 nitrogen and oxygen atoms in total. The number of rotatable bonds is 6. The van der Waals surface area contributed by atoms with Gasteiger partial charge in [-0.2, -0.15) is 0 Å². The Morgan fingerprint density at radius 3 is 1.72 bits per heavy atom. The molecule has 280 valence electrons. The van der Waals surface area contributed by atoms with Gasteiger partial charge in [0.1, 0.15) is 11.2 Å². The van der Waals surface area contributed by atoms with E-state index in [1.807, 2.05) is 91.0 Å². The summed E-state index contributed by atoms with van der Waals surface area (Å²) in [7, 11) is 0. The maximum atomic E-state index is 6.61. The average molecular weight is 769 g/mol. The monoisotopic (exact) mass is 768 g/mol. The van der Waals surface area contributed by atoms with E-state index >= 15 is 0 Å². The van der Waals surface area contributed by atoms with E-state index in [0.29, 0.717) is 23.3 Å². The van der Waals surface area contributed by atoms with Gasteiger partial charge in [-0.1, -0.05) is 146 Å². The summed E-state index contributed by atoms with van der Waals surface area (Å²) >= 11 is 0. The Bertz CT molecular complexity index is 3540. The predicted octanol–water partition coefficient (Wildman–Crippen LogP) is 13.1. The van der Waals surface area contributed by atoms with E-state index in [4.69, 9.17) is 29.3 Å². The first-order valence-corrected chi connectivity index (χ1v) is 19.9. The Balaban J connectivity index is 1.01.